The van der Waals surface area contributed by atoms with Gasteiger partial charge in [-0.1, -0.05) is 31.2 Å². The van der Waals surface area contributed by atoms with Crippen LogP contribution in [0.5, 0.6) is 0 Å². The molecule has 0 spiro atoms. The number of rotatable bonds is 4. The zero-order valence-corrected chi connectivity index (χ0v) is 12.0. The fraction of sp³-hybridized carbons (Fsp3) is 0.312. The van der Waals surface area contributed by atoms with Gasteiger partial charge in [0, 0.05) is 18.2 Å². The number of carbonyl (C=O) groups is 1. The Balaban J connectivity index is 2.59. The van der Waals surface area contributed by atoms with Crippen LogP contribution in [0.25, 0.3) is 11.3 Å². The third kappa shape index (κ3) is 2.85. The number of benzene rings is 1. The maximum atomic E-state index is 12.0. The molecule has 0 unspecified atom stereocenters. The first kappa shape index (κ1) is 14.2. The van der Waals surface area contributed by atoms with Crippen LogP contribution < -0.4 is 0 Å². The van der Waals surface area contributed by atoms with Gasteiger partial charge in [0.25, 0.3) is 0 Å². The van der Waals surface area contributed by atoms with Crippen LogP contribution in [-0.4, -0.2) is 22.5 Å². The Morgan fingerprint density at radius 1 is 1.25 bits per heavy atom. The third-order valence-electron chi connectivity index (χ3n) is 3.05. The summed E-state index contributed by atoms with van der Waals surface area (Å²) in [5.74, 6) is 0.338. The molecule has 0 bridgehead atoms. The second-order valence-corrected chi connectivity index (χ2v) is 4.44. The van der Waals surface area contributed by atoms with Gasteiger partial charge in [0.05, 0.1) is 12.3 Å². The molecule has 2 aromatic rings. The fourth-order valence-electron chi connectivity index (χ4n) is 1.99. The van der Waals surface area contributed by atoms with Crippen LogP contribution in [0.4, 0.5) is 0 Å². The molecular weight excluding hydrogens is 252 g/mol. The average molecular weight is 270 g/mol. The van der Waals surface area contributed by atoms with Crippen LogP contribution in [0.15, 0.2) is 30.5 Å². The van der Waals surface area contributed by atoms with Crippen molar-refractivity contribution < 1.29 is 9.53 Å². The molecular formula is C16H18N2O2. The molecule has 0 amide bonds. The smallest absolute Gasteiger partial charge is 0.341 e. The van der Waals surface area contributed by atoms with Crippen molar-refractivity contribution in [2.75, 3.05) is 6.61 Å². The largest absolute Gasteiger partial charge is 0.462 e. The fourth-order valence-corrected chi connectivity index (χ4v) is 1.99. The number of aromatic nitrogens is 2. The Kier molecular flexibility index (Phi) is 4.45. The second kappa shape index (κ2) is 6.28. The van der Waals surface area contributed by atoms with E-state index in [1.807, 2.05) is 38.1 Å². The minimum Gasteiger partial charge on any atom is -0.462 e. The molecule has 0 saturated heterocycles. The molecule has 1 heterocycles. The van der Waals surface area contributed by atoms with Crippen molar-refractivity contribution in [1.82, 2.24) is 9.97 Å². The van der Waals surface area contributed by atoms with E-state index < -0.39 is 0 Å². The van der Waals surface area contributed by atoms with E-state index in [0.717, 1.165) is 23.4 Å². The number of hydrogen-bond acceptors (Lipinski definition) is 4. The van der Waals surface area contributed by atoms with Crippen LogP contribution in [-0.2, 0) is 11.2 Å². The van der Waals surface area contributed by atoms with Gasteiger partial charge in [-0.25, -0.2) is 14.8 Å². The van der Waals surface area contributed by atoms with Crippen molar-refractivity contribution in [2.45, 2.75) is 27.2 Å². The number of ether oxygens (including phenoxy) is 1. The Hall–Kier alpha value is -2.23. The van der Waals surface area contributed by atoms with Gasteiger partial charge in [-0.2, -0.15) is 0 Å². The molecule has 20 heavy (non-hydrogen) atoms. The van der Waals surface area contributed by atoms with Crippen LogP contribution in [0.2, 0.25) is 0 Å². The minimum atomic E-state index is -0.381. The van der Waals surface area contributed by atoms with Crippen LogP contribution >= 0.6 is 0 Å². The Morgan fingerprint density at radius 3 is 2.65 bits per heavy atom. The molecule has 4 nitrogen and oxygen atoms in total. The van der Waals surface area contributed by atoms with E-state index in [2.05, 4.69) is 9.97 Å². The highest BCUT2D eigenvalue weighted by Gasteiger charge is 2.17. The SMILES string of the molecule is CCOC(=O)c1cnc(CC)nc1-c1ccccc1C. The summed E-state index contributed by atoms with van der Waals surface area (Å²) >= 11 is 0. The highest BCUT2D eigenvalue weighted by atomic mass is 16.5. The van der Waals surface area contributed by atoms with Gasteiger partial charge in [0.15, 0.2) is 0 Å². The standard InChI is InChI=1S/C16H18N2O2/c1-4-14-17-10-13(16(19)20-5-2)15(18-14)12-9-7-6-8-11(12)3/h6-10H,4-5H2,1-3H3. The summed E-state index contributed by atoms with van der Waals surface area (Å²) in [5.41, 5.74) is 3.07. The van der Waals surface area contributed by atoms with E-state index in [-0.39, 0.29) is 5.97 Å². The number of esters is 1. The monoisotopic (exact) mass is 270 g/mol. The van der Waals surface area contributed by atoms with E-state index in [1.54, 1.807) is 13.1 Å². The second-order valence-electron chi connectivity index (χ2n) is 4.44. The average Bonchev–Trinajstić information content (AvgIpc) is 2.47. The summed E-state index contributed by atoms with van der Waals surface area (Å²) in [7, 11) is 0. The Bertz CT molecular complexity index is 624. The van der Waals surface area contributed by atoms with E-state index in [4.69, 9.17) is 4.74 Å². The Morgan fingerprint density at radius 2 is 2.00 bits per heavy atom. The first-order valence-corrected chi connectivity index (χ1v) is 6.76. The molecule has 0 radical (unpaired) electrons. The van der Waals surface area contributed by atoms with Gasteiger partial charge >= 0.3 is 5.97 Å². The summed E-state index contributed by atoms with van der Waals surface area (Å²) in [5, 5.41) is 0. The molecule has 0 fully saturated rings. The molecule has 0 aliphatic heterocycles. The predicted molar refractivity (Wildman–Crippen MR) is 77.5 cm³/mol. The summed E-state index contributed by atoms with van der Waals surface area (Å²) in [6.07, 6.45) is 2.29. The quantitative estimate of drug-likeness (QED) is 0.801. The van der Waals surface area contributed by atoms with Crippen molar-refractivity contribution >= 4 is 5.97 Å². The Labute approximate surface area is 118 Å². The molecule has 104 valence electrons. The van der Waals surface area contributed by atoms with E-state index in [1.165, 1.54) is 0 Å². The van der Waals surface area contributed by atoms with Gasteiger partial charge in [0.1, 0.15) is 11.4 Å². The maximum absolute atomic E-state index is 12.0. The molecule has 0 saturated carbocycles. The third-order valence-corrected chi connectivity index (χ3v) is 3.05. The summed E-state index contributed by atoms with van der Waals surface area (Å²) in [6, 6.07) is 7.85. The molecule has 0 N–H and O–H groups in total. The van der Waals surface area contributed by atoms with Crippen molar-refractivity contribution in [1.29, 1.82) is 0 Å². The summed E-state index contributed by atoms with van der Waals surface area (Å²) < 4.78 is 5.08. The lowest BCUT2D eigenvalue weighted by Gasteiger charge is -2.11. The molecule has 0 aliphatic carbocycles. The highest BCUT2D eigenvalue weighted by molar-refractivity contribution is 5.96. The number of aryl methyl sites for hydroxylation is 2. The minimum absolute atomic E-state index is 0.335. The van der Waals surface area contributed by atoms with Gasteiger partial charge in [-0.05, 0) is 19.4 Å². The van der Waals surface area contributed by atoms with Crippen LogP contribution in [0, 0.1) is 6.92 Å². The normalized spacial score (nSPS) is 10.3. The van der Waals surface area contributed by atoms with Gasteiger partial charge < -0.3 is 4.74 Å². The van der Waals surface area contributed by atoms with Gasteiger partial charge in [-0.3, -0.25) is 0 Å². The lowest BCUT2D eigenvalue weighted by Crippen LogP contribution is -2.10. The van der Waals surface area contributed by atoms with Crippen LogP contribution in [0.1, 0.15) is 35.6 Å². The van der Waals surface area contributed by atoms with E-state index in [9.17, 15) is 4.79 Å². The number of hydrogen-bond donors (Lipinski definition) is 0. The molecule has 0 aliphatic rings. The van der Waals surface area contributed by atoms with E-state index in [0.29, 0.717) is 17.9 Å². The molecule has 1 aromatic heterocycles. The first-order valence-electron chi connectivity index (χ1n) is 6.76. The summed E-state index contributed by atoms with van der Waals surface area (Å²) in [4.78, 5) is 20.8. The molecule has 1 aromatic carbocycles. The van der Waals surface area contributed by atoms with Crippen LogP contribution in [0.3, 0.4) is 0 Å². The lowest BCUT2D eigenvalue weighted by atomic mass is 10.0. The van der Waals surface area contributed by atoms with Gasteiger partial charge in [0.2, 0.25) is 0 Å². The van der Waals surface area contributed by atoms with Crippen molar-refractivity contribution in [2.24, 2.45) is 0 Å². The van der Waals surface area contributed by atoms with Crippen molar-refractivity contribution in [3.63, 3.8) is 0 Å². The highest BCUT2D eigenvalue weighted by Crippen LogP contribution is 2.25. The maximum Gasteiger partial charge on any atom is 0.341 e. The number of nitrogens with zero attached hydrogens (tertiary/aromatic N) is 2. The molecule has 2 rings (SSSR count). The zero-order chi connectivity index (χ0) is 14.5. The van der Waals surface area contributed by atoms with Crippen molar-refractivity contribution in [3.05, 3.63) is 47.4 Å². The molecule has 4 heteroatoms. The zero-order valence-electron chi connectivity index (χ0n) is 12.0. The number of carbonyl (C=O) groups excluding carboxylic acids is 1. The predicted octanol–water partition coefficient (Wildman–Crippen LogP) is 3.19. The van der Waals surface area contributed by atoms with E-state index >= 15 is 0 Å². The van der Waals surface area contributed by atoms with Gasteiger partial charge in [-0.15, -0.1) is 0 Å². The first-order chi connectivity index (χ1) is 9.67. The topological polar surface area (TPSA) is 52.1 Å². The summed E-state index contributed by atoms with van der Waals surface area (Å²) in [6.45, 7) is 6.10. The molecule has 0 atom stereocenters. The lowest BCUT2D eigenvalue weighted by molar-refractivity contribution is 0.0526. The van der Waals surface area contributed by atoms with Crippen molar-refractivity contribution in [3.8, 4) is 11.3 Å².